The third-order valence-electron chi connectivity index (χ3n) is 9.25. The fraction of sp³-hybridized carbons (Fsp3) is 0.467. The summed E-state index contributed by atoms with van der Waals surface area (Å²) in [5.41, 5.74) is 8.73. The van der Waals surface area contributed by atoms with Crippen LogP contribution in [0, 0.1) is 12.7 Å². The van der Waals surface area contributed by atoms with Gasteiger partial charge in [-0.15, -0.1) is 0 Å². The van der Waals surface area contributed by atoms with Gasteiger partial charge in [0, 0.05) is 27.3 Å². The summed E-state index contributed by atoms with van der Waals surface area (Å²) in [7, 11) is 0. The first-order valence-electron chi connectivity index (χ1n) is 13.8. The number of hydrogen-bond acceptors (Lipinski definition) is 8. The van der Waals surface area contributed by atoms with Gasteiger partial charge in [-0.3, -0.25) is 9.59 Å². The van der Waals surface area contributed by atoms with Crippen molar-refractivity contribution in [3.8, 4) is 11.4 Å². The van der Waals surface area contributed by atoms with Crippen LogP contribution in [0.15, 0.2) is 16.9 Å². The molecule has 0 spiro atoms. The van der Waals surface area contributed by atoms with Gasteiger partial charge in [0.1, 0.15) is 12.4 Å². The second kappa shape index (κ2) is 9.37. The Kier molecular flexibility index (Phi) is 6.37. The number of carbonyl (C=O) groups is 2. The number of esters is 1. The number of rotatable bonds is 5. The van der Waals surface area contributed by atoms with Crippen molar-refractivity contribution in [2.75, 3.05) is 6.26 Å². The summed E-state index contributed by atoms with van der Waals surface area (Å²) in [6, 6.07) is 1.83. The second-order valence-corrected chi connectivity index (χ2v) is 13.2. The molecule has 216 valence electrons. The summed E-state index contributed by atoms with van der Waals surface area (Å²) in [6.07, 6.45) is 3.01. The number of thioether (sulfide) groups is 1. The Morgan fingerprint density at radius 2 is 2.07 bits per heavy atom. The van der Waals surface area contributed by atoms with Gasteiger partial charge in [-0.05, 0) is 69.0 Å². The molecule has 4 N–H and O–H groups in total. The number of aliphatic hydroxyl groups is 1. The maximum absolute atomic E-state index is 15.1. The molecule has 0 saturated carbocycles. The molecular formula is C30H33FN4O5S. The molecule has 0 bridgehead atoms. The minimum atomic E-state index is -1.96. The number of cyclic esters (lactones) is 1. The van der Waals surface area contributed by atoms with Gasteiger partial charge < -0.3 is 25.5 Å². The van der Waals surface area contributed by atoms with Crippen LogP contribution in [0.3, 0.4) is 0 Å². The molecule has 3 atom stereocenters. The lowest BCUT2D eigenvalue weighted by molar-refractivity contribution is -0.172. The highest BCUT2D eigenvalue weighted by atomic mass is 32.2. The lowest BCUT2D eigenvalue weighted by atomic mass is 9.81. The summed E-state index contributed by atoms with van der Waals surface area (Å²) in [6.45, 7) is 7.18. The first-order chi connectivity index (χ1) is 19.3. The topological polar surface area (TPSA) is 137 Å². The molecule has 3 aromatic rings. The van der Waals surface area contributed by atoms with Gasteiger partial charge in [-0.25, -0.2) is 14.2 Å². The average molecular weight is 581 g/mol. The van der Waals surface area contributed by atoms with Gasteiger partial charge in [0.05, 0.1) is 41.1 Å². The second-order valence-electron chi connectivity index (χ2n) is 11.7. The third kappa shape index (κ3) is 3.89. The van der Waals surface area contributed by atoms with Crippen molar-refractivity contribution in [1.82, 2.24) is 14.9 Å². The van der Waals surface area contributed by atoms with Gasteiger partial charge in [0.25, 0.3) is 5.56 Å². The minimum absolute atomic E-state index is 0.0274. The van der Waals surface area contributed by atoms with Gasteiger partial charge in [-0.2, -0.15) is 11.8 Å². The van der Waals surface area contributed by atoms with E-state index in [0.29, 0.717) is 35.3 Å². The maximum Gasteiger partial charge on any atom is 0.343 e. The lowest BCUT2D eigenvalue weighted by Crippen LogP contribution is -2.52. The summed E-state index contributed by atoms with van der Waals surface area (Å²) in [5.74, 6) is -1.46. The van der Waals surface area contributed by atoms with Crippen molar-refractivity contribution in [2.24, 2.45) is 5.73 Å². The zero-order chi connectivity index (χ0) is 29.6. The van der Waals surface area contributed by atoms with E-state index < -0.39 is 28.4 Å². The molecule has 3 aliphatic rings. The molecule has 1 aliphatic carbocycles. The van der Waals surface area contributed by atoms with Crippen LogP contribution in [0.5, 0.6) is 0 Å². The van der Waals surface area contributed by atoms with E-state index in [1.807, 2.05) is 20.1 Å². The van der Waals surface area contributed by atoms with Crippen LogP contribution < -0.4 is 16.6 Å². The molecule has 6 rings (SSSR count). The first-order valence-corrected chi connectivity index (χ1v) is 15.0. The zero-order valence-corrected chi connectivity index (χ0v) is 24.5. The number of benzene rings is 1. The van der Waals surface area contributed by atoms with Gasteiger partial charge in [0.2, 0.25) is 5.91 Å². The Morgan fingerprint density at radius 1 is 1.34 bits per heavy atom. The van der Waals surface area contributed by atoms with E-state index in [-0.39, 0.29) is 48.0 Å². The fourth-order valence-corrected chi connectivity index (χ4v) is 6.76. The van der Waals surface area contributed by atoms with Crippen molar-refractivity contribution in [3.05, 3.63) is 61.7 Å². The minimum Gasteiger partial charge on any atom is -0.458 e. The van der Waals surface area contributed by atoms with Gasteiger partial charge in [0.15, 0.2) is 5.60 Å². The van der Waals surface area contributed by atoms with Crippen molar-refractivity contribution >= 4 is 34.5 Å². The van der Waals surface area contributed by atoms with E-state index >= 15 is 4.39 Å². The molecule has 0 fully saturated rings. The summed E-state index contributed by atoms with van der Waals surface area (Å²) >= 11 is 1.51. The SMILES string of the molecule is CC[C@@]1(O)C(=O)OCc2c1cc1n(c2=O)Cc2c-1nc1cc(F)c(C)c3c1c2[C@@H](NC(=O)[C@H](N)C(C)(C)SC)CC3. The average Bonchev–Trinajstić information content (AvgIpc) is 3.32. The number of halogens is 1. The molecule has 0 saturated heterocycles. The molecule has 1 aromatic carbocycles. The molecule has 1 amide bonds. The Balaban J connectivity index is 1.58. The first kappa shape index (κ1) is 27.9. The number of hydrogen-bond donors (Lipinski definition) is 3. The molecule has 11 heteroatoms. The predicted octanol–water partition coefficient (Wildman–Crippen LogP) is 3.10. The smallest absolute Gasteiger partial charge is 0.343 e. The number of amides is 1. The Bertz CT molecular complexity index is 1730. The summed E-state index contributed by atoms with van der Waals surface area (Å²) in [5, 5.41) is 15.2. The number of carbonyl (C=O) groups excluding carboxylic acids is 2. The van der Waals surface area contributed by atoms with Crippen molar-refractivity contribution < 1.29 is 23.8 Å². The normalized spacial score (nSPS) is 21.7. The highest BCUT2D eigenvalue weighted by Crippen LogP contribution is 2.46. The molecule has 41 heavy (non-hydrogen) atoms. The van der Waals surface area contributed by atoms with Gasteiger partial charge >= 0.3 is 5.97 Å². The molecular weight excluding hydrogens is 547 g/mol. The molecule has 0 radical (unpaired) electrons. The maximum atomic E-state index is 15.1. The van der Waals surface area contributed by atoms with Crippen LogP contribution in [0.2, 0.25) is 0 Å². The number of fused-ring (bicyclic) bond motifs is 5. The Labute approximate surface area is 240 Å². The van der Waals surface area contributed by atoms with Crippen LogP contribution in [-0.4, -0.2) is 43.6 Å². The number of pyridine rings is 2. The predicted molar refractivity (Wildman–Crippen MR) is 154 cm³/mol. The van der Waals surface area contributed by atoms with E-state index in [0.717, 1.165) is 22.1 Å². The van der Waals surface area contributed by atoms with E-state index in [1.54, 1.807) is 24.5 Å². The van der Waals surface area contributed by atoms with E-state index in [9.17, 15) is 19.5 Å². The molecule has 9 nitrogen and oxygen atoms in total. The summed E-state index contributed by atoms with van der Waals surface area (Å²) < 4.78 is 21.3. The lowest BCUT2D eigenvalue weighted by Gasteiger charge is -2.33. The number of aromatic nitrogens is 2. The number of nitrogens with zero attached hydrogens (tertiary/aromatic N) is 2. The van der Waals surface area contributed by atoms with E-state index in [2.05, 4.69) is 5.32 Å². The fourth-order valence-electron chi connectivity index (χ4n) is 6.40. The molecule has 4 heterocycles. The highest BCUT2D eigenvalue weighted by molar-refractivity contribution is 8.00. The van der Waals surface area contributed by atoms with Crippen LogP contribution in [0.25, 0.3) is 22.3 Å². The quantitative estimate of drug-likeness (QED) is 0.307. The largest absolute Gasteiger partial charge is 0.458 e. The Hall–Kier alpha value is -3.28. The standard InChI is InChI=1S/C30H33FN4O5S/c1-6-30(39)17-9-21-24-15(11-35(21)27(37)16(17)12-40-28(30)38)23-19(34-26(36)25(32)29(3,4)41-5)8-7-14-13(2)18(31)10-20(33-24)22(14)23/h9-10,19,25,39H,6-8,11-12,32H2,1-5H3,(H,34,36)/t19-,25-,30-/m0/s1. The van der Waals surface area contributed by atoms with Crippen molar-refractivity contribution in [1.29, 1.82) is 0 Å². The van der Waals surface area contributed by atoms with E-state index in [4.69, 9.17) is 15.5 Å². The number of ether oxygens (including phenoxy) is 1. The molecule has 2 aliphatic heterocycles. The van der Waals surface area contributed by atoms with Gasteiger partial charge in [-0.1, -0.05) is 6.92 Å². The van der Waals surface area contributed by atoms with E-state index in [1.165, 1.54) is 17.8 Å². The highest BCUT2D eigenvalue weighted by Gasteiger charge is 2.46. The number of nitrogens with one attached hydrogen (secondary N) is 1. The van der Waals surface area contributed by atoms with Crippen LogP contribution >= 0.6 is 11.8 Å². The number of nitrogens with two attached hydrogens (primary N) is 1. The van der Waals surface area contributed by atoms with Crippen LogP contribution in [-0.2, 0) is 39.5 Å². The summed E-state index contributed by atoms with van der Waals surface area (Å²) in [4.78, 5) is 44.5. The molecule has 0 unspecified atom stereocenters. The van der Waals surface area contributed by atoms with Crippen molar-refractivity contribution in [3.63, 3.8) is 0 Å². The molecule has 2 aromatic heterocycles. The van der Waals surface area contributed by atoms with Crippen molar-refractivity contribution in [2.45, 2.75) is 82.5 Å². The third-order valence-corrected chi connectivity index (χ3v) is 10.6. The zero-order valence-electron chi connectivity index (χ0n) is 23.7. The monoisotopic (exact) mass is 580 g/mol. The van der Waals surface area contributed by atoms with Crippen LogP contribution in [0.4, 0.5) is 4.39 Å². The Morgan fingerprint density at radius 3 is 2.76 bits per heavy atom. The number of aryl methyl sites for hydroxylation is 1. The van der Waals surface area contributed by atoms with Crippen LogP contribution in [0.1, 0.15) is 73.0 Å².